The van der Waals surface area contributed by atoms with Gasteiger partial charge >= 0.3 is 0 Å². The summed E-state index contributed by atoms with van der Waals surface area (Å²) < 4.78 is 23.2. The summed E-state index contributed by atoms with van der Waals surface area (Å²) in [7, 11) is -3.15. The molecule has 1 fully saturated rings. The molecule has 1 amide bonds. The number of Topliss-reactive ketones (excluding diaryl/α,β-unsaturated/α-hetero) is 1. The summed E-state index contributed by atoms with van der Waals surface area (Å²) in [5.41, 5.74) is 0.861. The maximum Gasteiger partial charge on any atom is 0.292 e. The molecular weight excluding hydrogens is 316 g/mol. The number of aromatic nitrogens is 1. The average molecular weight is 334 g/mol. The number of carbonyl (C=O) groups excluding carboxylic acids is 2. The van der Waals surface area contributed by atoms with Gasteiger partial charge < -0.3 is 10.3 Å². The molecule has 2 N–H and O–H groups in total. The Bertz CT molecular complexity index is 913. The number of carbonyl (C=O) groups is 2. The van der Waals surface area contributed by atoms with Crippen molar-refractivity contribution in [1.82, 2.24) is 10.3 Å². The lowest BCUT2D eigenvalue weighted by atomic mass is 10.00. The fourth-order valence-corrected chi connectivity index (χ4v) is 5.22. The predicted octanol–water partition coefficient (Wildman–Crippen LogP) is 1.35. The van der Waals surface area contributed by atoms with Gasteiger partial charge in [0.05, 0.1) is 22.6 Å². The van der Waals surface area contributed by atoms with E-state index in [1.807, 2.05) is 12.1 Å². The molecule has 2 aromatic rings. The van der Waals surface area contributed by atoms with Crippen LogP contribution < -0.4 is 5.32 Å². The van der Waals surface area contributed by atoms with Crippen LogP contribution in [0.5, 0.6) is 0 Å². The molecule has 1 aliphatic heterocycles. The number of aryl methyl sites for hydroxylation is 1. The van der Waals surface area contributed by atoms with Crippen molar-refractivity contribution in [3.05, 3.63) is 35.5 Å². The number of ketones is 1. The number of fused-ring (bicyclic) bond motifs is 1. The average Bonchev–Trinajstić information content (AvgIpc) is 2.93. The molecule has 1 saturated heterocycles. The highest BCUT2D eigenvalue weighted by Gasteiger charge is 2.40. The maximum atomic E-state index is 12.6. The first-order valence-corrected chi connectivity index (χ1v) is 9.17. The third kappa shape index (κ3) is 2.88. The normalized spacial score (nSPS) is 23.0. The van der Waals surface area contributed by atoms with Crippen molar-refractivity contribution in [3.63, 3.8) is 0 Å². The SMILES string of the molecule is Cc1[nH]c2ccccc2c1C(=O)C(=O)N[C@@]1(C)CCS(=O)(=O)C1. The largest absolute Gasteiger partial charge is 0.358 e. The second-order valence-corrected chi connectivity index (χ2v) is 8.54. The van der Waals surface area contributed by atoms with Gasteiger partial charge in [-0.3, -0.25) is 9.59 Å². The first-order chi connectivity index (χ1) is 10.7. The molecule has 1 aliphatic rings. The minimum absolute atomic E-state index is 0.0318. The van der Waals surface area contributed by atoms with E-state index < -0.39 is 27.1 Å². The molecule has 7 heteroatoms. The van der Waals surface area contributed by atoms with Crippen LogP contribution in [-0.4, -0.2) is 42.1 Å². The van der Waals surface area contributed by atoms with Crippen molar-refractivity contribution in [2.24, 2.45) is 0 Å². The van der Waals surface area contributed by atoms with E-state index in [4.69, 9.17) is 0 Å². The molecule has 23 heavy (non-hydrogen) atoms. The molecule has 1 aromatic heterocycles. The van der Waals surface area contributed by atoms with Gasteiger partial charge in [0, 0.05) is 16.6 Å². The van der Waals surface area contributed by atoms with Gasteiger partial charge in [-0.05, 0) is 26.3 Å². The summed E-state index contributed by atoms with van der Waals surface area (Å²) in [4.78, 5) is 28.0. The molecule has 0 saturated carbocycles. The Morgan fingerprint density at radius 3 is 2.61 bits per heavy atom. The standard InChI is InChI=1S/C16H18N2O4S/c1-10-13(11-5-3-4-6-12(11)17-10)14(19)15(20)18-16(2)7-8-23(21,22)9-16/h3-6,17H,7-9H2,1-2H3,(H,18,20)/t16-/m0/s1. The number of nitrogens with one attached hydrogen (secondary N) is 2. The van der Waals surface area contributed by atoms with Gasteiger partial charge in [0.15, 0.2) is 9.84 Å². The lowest BCUT2D eigenvalue weighted by Crippen LogP contribution is -2.49. The summed E-state index contributed by atoms with van der Waals surface area (Å²) in [6, 6.07) is 7.26. The molecule has 6 nitrogen and oxygen atoms in total. The van der Waals surface area contributed by atoms with Crippen LogP contribution in [0.4, 0.5) is 0 Å². The van der Waals surface area contributed by atoms with Crippen LogP contribution >= 0.6 is 0 Å². The summed E-state index contributed by atoms with van der Waals surface area (Å²) in [6.07, 6.45) is 0.321. The zero-order valence-electron chi connectivity index (χ0n) is 13.0. The van der Waals surface area contributed by atoms with E-state index in [9.17, 15) is 18.0 Å². The fourth-order valence-electron chi connectivity index (χ4n) is 3.12. The van der Waals surface area contributed by atoms with E-state index in [-0.39, 0.29) is 11.5 Å². The molecule has 2 heterocycles. The van der Waals surface area contributed by atoms with Crippen LogP contribution in [0.1, 0.15) is 29.4 Å². The van der Waals surface area contributed by atoms with Crippen molar-refractivity contribution >= 4 is 32.4 Å². The topological polar surface area (TPSA) is 96.1 Å². The Kier molecular flexibility index (Phi) is 3.55. The highest BCUT2D eigenvalue weighted by atomic mass is 32.2. The monoisotopic (exact) mass is 334 g/mol. The smallest absolute Gasteiger partial charge is 0.292 e. The van der Waals surface area contributed by atoms with Crippen molar-refractivity contribution in [3.8, 4) is 0 Å². The van der Waals surface area contributed by atoms with E-state index in [2.05, 4.69) is 10.3 Å². The molecule has 0 radical (unpaired) electrons. The van der Waals surface area contributed by atoms with Crippen LogP contribution in [0.2, 0.25) is 0 Å². The number of aromatic amines is 1. The highest BCUT2D eigenvalue weighted by molar-refractivity contribution is 7.91. The second-order valence-electron chi connectivity index (χ2n) is 6.36. The molecule has 0 aliphatic carbocycles. The third-order valence-corrected chi connectivity index (χ3v) is 6.15. The highest BCUT2D eigenvalue weighted by Crippen LogP contribution is 2.25. The van der Waals surface area contributed by atoms with Gasteiger partial charge in [-0.25, -0.2) is 8.42 Å². The molecule has 3 rings (SSSR count). The van der Waals surface area contributed by atoms with Crippen LogP contribution in [0.15, 0.2) is 24.3 Å². The van der Waals surface area contributed by atoms with E-state index in [1.165, 1.54) is 0 Å². The lowest BCUT2D eigenvalue weighted by molar-refractivity contribution is -0.118. The fraction of sp³-hybridized carbons (Fsp3) is 0.375. The van der Waals surface area contributed by atoms with E-state index in [1.54, 1.807) is 26.0 Å². The van der Waals surface area contributed by atoms with Crippen LogP contribution in [0.3, 0.4) is 0 Å². The minimum atomic E-state index is -3.15. The van der Waals surface area contributed by atoms with Gasteiger partial charge in [-0.15, -0.1) is 0 Å². The summed E-state index contributed by atoms with van der Waals surface area (Å²) in [5.74, 6) is -1.52. The number of hydrogen-bond donors (Lipinski definition) is 2. The Morgan fingerprint density at radius 1 is 1.26 bits per heavy atom. The Labute approximate surface area is 134 Å². The summed E-state index contributed by atoms with van der Waals surface area (Å²) in [5, 5.41) is 3.30. The number of amides is 1. The lowest BCUT2D eigenvalue weighted by Gasteiger charge is -2.23. The van der Waals surface area contributed by atoms with E-state index in [0.29, 0.717) is 23.1 Å². The Hall–Kier alpha value is -2.15. The van der Waals surface area contributed by atoms with Crippen LogP contribution in [-0.2, 0) is 14.6 Å². The second kappa shape index (κ2) is 5.19. The number of hydrogen-bond acceptors (Lipinski definition) is 4. The zero-order valence-corrected chi connectivity index (χ0v) is 13.8. The molecule has 0 spiro atoms. The summed E-state index contributed by atoms with van der Waals surface area (Å²) in [6.45, 7) is 3.40. The van der Waals surface area contributed by atoms with Gasteiger partial charge in [0.2, 0.25) is 0 Å². The van der Waals surface area contributed by atoms with Crippen LogP contribution in [0, 0.1) is 6.92 Å². The molecule has 1 atom stereocenters. The molecule has 122 valence electrons. The number of sulfone groups is 1. The number of rotatable bonds is 3. The quantitative estimate of drug-likeness (QED) is 0.654. The number of H-pyrrole nitrogens is 1. The maximum absolute atomic E-state index is 12.6. The van der Waals surface area contributed by atoms with Gasteiger partial charge in [-0.2, -0.15) is 0 Å². The molecule has 0 unspecified atom stereocenters. The number of para-hydroxylation sites is 1. The van der Waals surface area contributed by atoms with Gasteiger partial charge in [0.1, 0.15) is 0 Å². The van der Waals surface area contributed by atoms with Crippen LogP contribution in [0.25, 0.3) is 10.9 Å². The van der Waals surface area contributed by atoms with Crippen molar-refractivity contribution < 1.29 is 18.0 Å². The summed E-state index contributed by atoms with van der Waals surface area (Å²) >= 11 is 0. The first kappa shape index (κ1) is 15.7. The minimum Gasteiger partial charge on any atom is -0.358 e. The Morgan fingerprint density at radius 2 is 1.96 bits per heavy atom. The van der Waals surface area contributed by atoms with Crippen molar-refractivity contribution in [1.29, 1.82) is 0 Å². The zero-order chi connectivity index (χ0) is 16.8. The number of benzene rings is 1. The molecule has 0 bridgehead atoms. The third-order valence-electron chi connectivity index (χ3n) is 4.25. The van der Waals surface area contributed by atoms with Gasteiger partial charge in [-0.1, -0.05) is 18.2 Å². The molecular formula is C16H18N2O4S. The van der Waals surface area contributed by atoms with Crippen molar-refractivity contribution in [2.45, 2.75) is 25.8 Å². The van der Waals surface area contributed by atoms with Gasteiger partial charge in [0.25, 0.3) is 11.7 Å². The predicted molar refractivity (Wildman–Crippen MR) is 87.2 cm³/mol. The Balaban J connectivity index is 1.88. The van der Waals surface area contributed by atoms with Crippen molar-refractivity contribution in [2.75, 3.05) is 11.5 Å². The van der Waals surface area contributed by atoms with E-state index in [0.717, 1.165) is 5.52 Å². The van der Waals surface area contributed by atoms with E-state index >= 15 is 0 Å². The first-order valence-electron chi connectivity index (χ1n) is 7.35. The molecule has 1 aromatic carbocycles.